The van der Waals surface area contributed by atoms with Crippen LogP contribution in [0.3, 0.4) is 0 Å². The zero-order chi connectivity index (χ0) is 19.3. The van der Waals surface area contributed by atoms with Crippen molar-refractivity contribution in [3.8, 4) is 0 Å². The van der Waals surface area contributed by atoms with Crippen LogP contribution in [0.1, 0.15) is 52.4 Å². The number of nitrogens with two attached hydrogens (primary N) is 1. The molecule has 0 radical (unpaired) electrons. The lowest BCUT2D eigenvalue weighted by Gasteiger charge is -2.58. The lowest BCUT2D eigenvalue weighted by molar-refractivity contribution is -0.718. The van der Waals surface area contributed by atoms with Crippen LogP contribution < -0.4 is 10.6 Å². The molecule has 0 saturated heterocycles. The number of rotatable bonds is 5. The van der Waals surface area contributed by atoms with E-state index in [9.17, 15) is 18.0 Å². The maximum atomic E-state index is 13.8. The Morgan fingerprint density at radius 3 is 2.15 bits per heavy atom. The second-order valence-corrected chi connectivity index (χ2v) is 9.26. The summed E-state index contributed by atoms with van der Waals surface area (Å²) in [6.07, 6.45) is 7.88. The number of benzene rings is 1. The predicted molar refractivity (Wildman–Crippen MR) is 96.4 cm³/mol. The van der Waals surface area contributed by atoms with E-state index in [2.05, 4.69) is 17.6 Å². The van der Waals surface area contributed by atoms with Gasteiger partial charge in [-0.25, -0.2) is 13.2 Å². The van der Waals surface area contributed by atoms with Crippen LogP contribution in [0.2, 0.25) is 0 Å². The van der Waals surface area contributed by atoms with Gasteiger partial charge >= 0.3 is 0 Å². The Hall–Kier alpha value is -1.56. The van der Waals surface area contributed by atoms with Crippen molar-refractivity contribution < 1.29 is 23.3 Å². The molecule has 4 fully saturated rings. The molecule has 3 N–H and O–H groups in total. The largest absolute Gasteiger partial charge is 0.334 e. The maximum Gasteiger partial charge on any atom is 0.282 e. The monoisotopic (exact) mass is 381 g/mol. The molecule has 1 amide bonds. The van der Waals surface area contributed by atoms with Gasteiger partial charge in [-0.1, -0.05) is 0 Å². The number of halogens is 3. The van der Waals surface area contributed by atoms with Crippen molar-refractivity contribution in [1.82, 2.24) is 0 Å². The highest BCUT2D eigenvalue weighted by molar-refractivity contribution is 5.93. The van der Waals surface area contributed by atoms with Gasteiger partial charge in [0.2, 0.25) is 0 Å². The summed E-state index contributed by atoms with van der Waals surface area (Å²) in [5.41, 5.74) is -0.0158. The van der Waals surface area contributed by atoms with Crippen molar-refractivity contribution in [2.24, 2.45) is 23.2 Å². The molecule has 0 unspecified atom stereocenters. The van der Waals surface area contributed by atoms with Crippen LogP contribution in [-0.2, 0) is 4.79 Å². The molecular weight excluding hydrogens is 353 g/mol. The van der Waals surface area contributed by atoms with E-state index in [1.165, 1.54) is 38.5 Å². The molecule has 148 valence electrons. The van der Waals surface area contributed by atoms with Crippen LogP contribution >= 0.6 is 0 Å². The van der Waals surface area contributed by atoms with Gasteiger partial charge in [0, 0.05) is 5.41 Å². The van der Waals surface area contributed by atoms with Crippen LogP contribution in [0.4, 0.5) is 18.9 Å². The molecule has 1 aromatic rings. The van der Waals surface area contributed by atoms with E-state index >= 15 is 0 Å². The molecule has 6 heteroatoms. The van der Waals surface area contributed by atoms with Gasteiger partial charge in [-0.3, -0.25) is 4.79 Å². The first-order chi connectivity index (χ1) is 12.8. The fourth-order valence-corrected chi connectivity index (χ4v) is 6.33. The summed E-state index contributed by atoms with van der Waals surface area (Å²) in [6.45, 7) is 3.99. The molecule has 0 aromatic heterocycles. The van der Waals surface area contributed by atoms with Crippen molar-refractivity contribution >= 4 is 11.6 Å². The minimum atomic E-state index is -1.56. The summed E-state index contributed by atoms with van der Waals surface area (Å²) >= 11 is 0. The molecular formula is C21H28F3N2O+. The fourth-order valence-electron chi connectivity index (χ4n) is 6.33. The molecule has 4 aliphatic carbocycles. The number of hydrogen-bond donors (Lipinski definition) is 2. The normalized spacial score (nSPS) is 33.7. The number of nitrogens with one attached hydrogen (secondary N) is 1. The highest BCUT2D eigenvalue weighted by Gasteiger charge is 2.54. The van der Waals surface area contributed by atoms with Gasteiger partial charge in [0.05, 0.1) is 11.7 Å². The van der Waals surface area contributed by atoms with Crippen molar-refractivity contribution in [1.29, 1.82) is 0 Å². The summed E-state index contributed by atoms with van der Waals surface area (Å²) in [6, 6.07) is 1.75. The molecule has 3 nitrogen and oxygen atoms in total. The topological polar surface area (TPSA) is 45.7 Å². The zero-order valence-electron chi connectivity index (χ0n) is 15.9. The van der Waals surface area contributed by atoms with E-state index in [4.69, 9.17) is 0 Å². The van der Waals surface area contributed by atoms with E-state index < -0.39 is 29.4 Å². The molecule has 1 aromatic carbocycles. The molecule has 4 bridgehead atoms. The Kier molecular flexibility index (Phi) is 4.73. The fraction of sp³-hybridized carbons (Fsp3) is 0.667. The van der Waals surface area contributed by atoms with E-state index in [1.807, 2.05) is 0 Å². The van der Waals surface area contributed by atoms with E-state index in [-0.39, 0.29) is 5.69 Å². The van der Waals surface area contributed by atoms with Gasteiger partial charge in [0.15, 0.2) is 23.5 Å². The standard InChI is InChI=1S/C21H27F3N2O/c1-11(20(27)26-17-4-3-16(22)18(23)19(17)24)25-12(2)21-8-13-5-14(9-21)7-15(6-13)10-21/h3-4,11-15,25H,5-10H2,1-2H3,(H,26,27)/p+1/t11-,12-,13?,14?,15?,21?/m1/s1. The molecule has 2 atom stereocenters. The third-order valence-electron chi connectivity index (χ3n) is 7.34. The highest BCUT2D eigenvalue weighted by atomic mass is 19.2. The Labute approximate surface area is 158 Å². The summed E-state index contributed by atoms with van der Waals surface area (Å²) < 4.78 is 40.2. The zero-order valence-corrected chi connectivity index (χ0v) is 15.9. The molecule has 0 spiro atoms. The summed E-state index contributed by atoms with van der Waals surface area (Å²) in [4.78, 5) is 12.5. The van der Waals surface area contributed by atoms with E-state index in [0.717, 1.165) is 29.9 Å². The minimum Gasteiger partial charge on any atom is -0.334 e. The molecule has 0 heterocycles. The maximum absolute atomic E-state index is 13.8. The van der Waals surface area contributed by atoms with Crippen LogP contribution in [-0.4, -0.2) is 18.0 Å². The number of hydrogen-bond acceptors (Lipinski definition) is 1. The van der Waals surface area contributed by atoms with Gasteiger partial charge < -0.3 is 10.6 Å². The number of carbonyl (C=O) groups excluding carboxylic acids is 1. The van der Waals surface area contributed by atoms with Gasteiger partial charge in [-0.05, 0) is 82.3 Å². The number of amides is 1. The SMILES string of the molecule is C[C@@H]([NH2+][C@H](C)C12CC3CC(CC(C3)C1)C2)C(=O)Nc1ccc(F)c(F)c1F. The number of carbonyl (C=O) groups is 1. The third kappa shape index (κ3) is 3.37. The predicted octanol–water partition coefficient (Wildman–Crippen LogP) is 3.60. The van der Waals surface area contributed by atoms with Crippen molar-refractivity contribution in [3.63, 3.8) is 0 Å². The summed E-state index contributed by atoms with van der Waals surface area (Å²) in [7, 11) is 0. The molecule has 27 heavy (non-hydrogen) atoms. The lowest BCUT2D eigenvalue weighted by atomic mass is 9.48. The first-order valence-electron chi connectivity index (χ1n) is 10.1. The Balaban J connectivity index is 1.41. The van der Waals surface area contributed by atoms with Crippen molar-refractivity contribution in [2.75, 3.05) is 5.32 Å². The Bertz CT molecular complexity index is 716. The second kappa shape index (κ2) is 6.80. The first-order valence-corrected chi connectivity index (χ1v) is 10.1. The van der Waals surface area contributed by atoms with Crippen molar-refractivity contribution in [2.45, 2.75) is 64.5 Å². The highest BCUT2D eigenvalue weighted by Crippen LogP contribution is 2.60. The van der Waals surface area contributed by atoms with Gasteiger partial charge in [0.25, 0.3) is 5.91 Å². The van der Waals surface area contributed by atoms with Crippen LogP contribution in [0, 0.1) is 40.6 Å². The van der Waals surface area contributed by atoms with Crippen LogP contribution in [0.25, 0.3) is 0 Å². The van der Waals surface area contributed by atoms with Gasteiger partial charge in [-0.15, -0.1) is 0 Å². The quantitative estimate of drug-likeness (QED) is 0.752. The molecule has 4 saturated carbocycles. The molecule has 4 aliphatic rings. The molecule has 5 rings (SSSR count). The summed E-state index contributed by atoms with van der Waals surface area (Å²) in [5.74, 6) is -2.05. The van der Waals surface area contributed by atoms with Gasteiger partial charge in [0.1, 0.15) is 0 Å². The molecule has 0 aliphatic heterocycles. The number of anilines is 1. The van der Waals surface area contributed by atoms with Gasteiger partial charge in [-0.2, -0.15) is 0 Å². The second-order valence-electron chi connectivity index (χ2n) is 9.26. The first kappa shape index (κ1) is 18.8. The summed E-state index contributed by atoms with van der Waals surface area (Å²) in [5, 5.41) is 4.48. The van der Waals surface area contributed by atoms with E-state index in [1.54, 1.807) is 6.92 Å². The van der Waals surface area contributed by atoms with Crippen LogP contribution in [0.15, 0.2) is 12.1 Å². The lowest BCUT2D eigenvalue weighted by Crippen LogP contribution is -2.98. The minimum absolute atomic E-state index is 0.302. The average Bonchev–Trinajstić information content (AvgIpc) is 2.61. The number of quaternary nitrogens is 1. The Morgan fingerprint density at radius 1 is 1.04 bits per heavy atom. The Morgan fingerprint density at radius 2 is 1.59 bits per heavy atom. The van der Waals surface area contributed by atoms with Crippen molar-refractivity contribution in [3.05, 3.63) is 29.6 Å². The van der Waals surface area contributed by atoms with E-state index in [0.29, 0.717) is 11.5 Å². The average molecular weight is 381 g/mol. The smallest absolute Gasteiger partial charge is 0.282 e. The third-order valence-corrected chi connectivity index (χ3v) is 7.34. The van der Waals surface area contributed by atoms with Crippen LogP contribution in [0.5, 0.6) is 0 Å².